The topological polar surface area (TPSA) is 100 Å². The van der Waals surface area contributed by atoms with Crippen LogP contribution in [0.5, 0.6) is 11.5 Å². The van der Waals surface area contributed by atoms with Crippen LogP contribution in [0.2, 0.25) is 5.02 Å². The zero-order valence-electron chi connectivity index (χ0n) is 19.3. The Morgan fingerprint density at radius 3 is 2.58 bits per heavy atom. The van der Waals surface area contributed by atoms with Crippen LogP contribution in [0.3, 0.4) is 0 Å². The number of hydrogen-bond acceptors (Lipinski definition) is 7. The van der Waals surface area contributed by atoms with Crippen LogP contribution < -0.4 is 9.47 Å². The number of benzene rings is 3. The summed E-state index contributed by atoms with van der Waals surface area (Å²) in [4.78, 5) is 27.4. The molecular weight excluding hydrogens is 491 g/mol. The number of cyclic esters (lactones) is 1. The highest BCUT2D eigenvalue weighted by molar-refractivity contribution is 6.32. The minimum absolute atomic E-state index is 0.00766. The summed E-state index contributed by atoms with van der Waals surface area (Å²) in [5.41, 5.74) is 1.92. The van der Waals surface area contributed by atoms with Gasteiger partial charge in [-0.1, -0.05) is 29.8 Å². The number of nitro groups is 1. The Kier molecular flexibility index (Phi) is 7.30. The second-order valence-electron chi connectivity index (χ2n) is 7.77. The van der Waals surface area contributed by atoms with Gasteiger partial charge in [0.2, 0.25) is 5.90 Å². The molecule has 3 aromatic carbocycles. The van der Waals surface area contributed by atoms with Crippen LogP contribution >= 0.6 is 11.6 Å². The second-order valence-corrected chi connectivity index (χ2v) is 8.18. The normalized spacial score (nSPS) is 13.9. The van der Waals surface area contributed by atoms with Crippen LogP contribution in [-0.4, -0.2) is 23.4 Å². The summed E-state index contributed by atoms with van der Waals surface area (Å²) in [6, 6.07) is 13.6. The molecule has 0 aliphatic carbocycles. The van der Waals surface area contributed by atoms with E-state index in [1.807, 2.05) is 0 Å². The summed E-state index contributed by atoms with van der Waals surface area (Å²) in [5, 5.41) is 11.5. The number of esters is 1. The molecule has 0 aromatic heterocycles. The van der Waals surface area contributed by atoms with Gasteiger partial charge < -0.3 is 14.2 Å². The van der Waals surface area contributed by atoms with E-state index in [-0.39, 0.29) is 34.7 Å². The maximum Gasteiger partial charge on any atom is 0.363 e. The first-order chi connectivity index (χ1) is 17.2. The Hall–Kier alpha value is -4.24. The second kappa shape index (κ2) is 10.6. The number of carbonyl (C=O) groups is 1. The minimum Gasteiger partial charge on any atom is -0.490 e. The quantitative estimate of drug-likeness (QED) is 0.159. The highest BCUT2D eigenvalue weighted by Crippen LogP contribution is 2.38. The minimum atomic E-state index is -0.709. The van der Waals surface area contributed by atoms with Gasteiger partial charge in [-0.15, -0.1) is 0 Å². The summed E-state index contributed by atoms with van der Waals surface area (Å²) in [7, 11) is 0. The van der Waals surface area contributed by atoms with E-state index in [2.05, 4.69) is 4.99 Å². The Balaban J connectivity index is 1.62. The first-order valence-electron chi connectivity index (χ1n) is 10.9. The van der Waals surface area contributed by atoms with Gasteiger partial charge >= 0.3 is 5.97 Å². The third-order valence-electron chi connectivity index (χ3n) is 5.20. The van der Waals surface area contributed by atoms with Crippen LogP contribution in [0.1, 0.15) is 29.2 Å². The van der Waals surface area contributed by atoms with Gasteiger partial charge in [0.1, 0.15) is 12.4 Å². The molecule has 0 fully saturated rings. The SMILES string of the molecule is CCOc1cc(/C=C2\N=C(c3ccc(C)c([N+](=O)[O-])c3)OC2=O)cc(Cl)c1OCc1ccc(F)cc1. The third kappa shape index (κ3) is 5.52. The van der Waals surface area contributed by atoms with Crippen LogP contribution in [0.15, 0.2) is 65.3 Å². The molecule has 184 valence electrons. The molecule has 0 atom stereocenters. The Bertz CT molecular complexity index is 1400. The van der Waals surface area contributed by atoms with Gasteiger partial charge in [0.25, 0.3) is 5.69 Å². The number of aliphatic imine (C=N–C) groups is 1. The highest BCUT2D eigenvalue weighted by atomic mass is 35.5. The molecule has 1 aliphatic heterocycles. The molecule has 1 aliphatic rings. The van der Waals surface area contributed by atoms with E-state index in [1.165, 1.54) is 24.3 Å². The van der Waals surface area contributed by atoms with Gasteiger partial charge in [0.05, 0.1) is 16.6 Å². The van der Waals surface area contributed by atoms with Gasteiger partial charge in [-0.3, -0.25) is 10.1 Å². The lowest BCUT2D eigenvalue weighted by atomic mass is 10.1. The third-order valence-corrected chi connectivity index (χ3v) is 5.49. The van der Waals surface area contributed by atoms with Gasteiger partial charge in [0, 0.05) is 17.2 Å². The Labute approximate surface area is 210 Å². The molecular formula is C26H20ClFN2O6. The van der Waals surface area contributed by atoms with Crippen molar-refractivity contribution < 1.29 is 28.3 Å². The molecule has 0 unspecified atom stereocenters. The van der Waals surface area contributed by atoms with Crippen molar-refractivity contribution in [2.75, 3.05) is 6.61 Å². The van der Waals surface area contributed by atoms with E-state index in [1.54, 1.807) is 50.2 Å². The number of rotatable bonds is 8. The van der Waals surface area contributed by atoms with Crippen molar-refractivity contribution in [1.29, 1.82) is 0 Å². The lowest BCUT2D eigenvalue weighted by Crippen LogP contribution is -2.06. The molecule has 0 saturated carbocycles. The smallest absolute Gasteiger partial charge is 0.363 e. The number of hydrogen-bond donors (Lipinski definition) is 0. The summed E-state index contributed by atoms with van der Waals surface area (Å²) in [5.74, 6) is -0.441. The summed E-state index contributed by atoms with van der Waals surface area (Å²) >= 11 is 6.46. The molecule has 1 heterocycles. The number of nitro benzene ring substituents is 1. The molecule has 0 spiro atoms. The molecule has 4 rings (SSSR count). The van der Waals surface area contributed by atoms with Crippen molar-refractivity contribution in [3.8, 4) is 11.5 Å². The first kappa shape index (κ1) is 24.9. The molecule has 3 aromatic rings. The standard InChI is InChI=1S/C26H20ClFN2O6/c1-3-34-23-12-17(10-20(27)24(23)35-14-16-5-8-19(28)9-6-16)11-21-26(31)36-25(29-21)18-7-4-15(2)22(13-18)30(32)33/h4-13H,3,14H2,1-2H3/b21-11-. The fourth-order valence-corrected chi connectivity index (χ4v) is 3.71. The van der Waals surface area contributed by atoms with Gasteiger partial charge in [-0.05, 0) is 61.4 Å². The van der Waals surface area contributed by atoms with E-state index < -0.39 is 10.9 Å². The van der Waals surface area contributed by atoms with E-state index in [0.717, 1.165) is 5.56 Å². The number of halogens is 2. The van der Waals surface area contributed by atoms with Crippen molar-refractivity contribution in [3.05, 3.63) is 104 Å². The Morgan fingerprint density at radius 2 is 1.89 bits per heavy atom. The number of nitrogens with zero attached hydrogens (tertiary/aromatic N) is 2. The van der Waals surface area contributed by atoms with Crippen LogP contribution in [-0.2, 0) is 16.1 Å². The average molecular weight is 511 g/mol. The zero-order valence-corrected chi connectivity index (χ0v) is 20.0. The maximum absolute atomic E-state index is 13.1. The molecule has 0 saturated heterocycles. The molecule has 0 N–H and O–H groups in total. The molecule has 10 heteroatoms. The van der Waals surface area contributed by atoms with E-state index in [9.17, 15) is 19.3 Å². The van der Waals surface area contributed by atoms with Crippen molar-refractivity contribution in [3.63, 3.8) is 0 Å². The van der Waals surface area contributed by atoms with E-state index in [0.29, 0.717) is 34.8 Å². The maximum atomic E-state index is 13.1. The predicted molar refractivity (Wildman–Crippen MR) is 132 cm³/mol. The van der Waals surface area contributed by atoms with Gasteiger partial charge in [-0.2, -0.15) is 0 Å². The largest absolute Gasteiger partial charge is 0.490 e. The van der Waals surface area contributed by atoms with Crippen molar-refractivity contribution in [2.24, 2.45) is 4.99 Å². The summed E-state index contributed by atoms with van der Waals surface area (Å²) in [6.07, 6.45) is 1.47. The predicted octanol–water partition coefficient (Wildman–Crippen LogP) is 6.02. The lowest BCUT2D eigenvalue weighted by molar-refractivity contribution is -0.385. The van der Waals surface area contributed by atoms with E-state index >= 15 is 0 Å². The van der Waals surface area contributed by atoms with Crippen LogP contribution in [0.4, 0.5) is 10.1 Å². The number of aryl methyl sites for hydroxylation is 1. The van der Waals surface area contributed by atoms with E-state index in [4.69, 9.17) is 25.8 Å². The summed E-state index contributed by atoms with van der Waals surface area (Å²) < 4.78 is 29.9. The van der Waals surface area contributed by atoms with Crippen LogP contribution in [0.25, 0.3) is 6.08 Å². The number of carbonyl (C=O) groups excluding carboxylic acids is 1. The lowest BCUT2D eigenvalue weighted by Gasteiger charge is -2.14. The average Bonchev–Trinajstić information content (AvgIpc) is 3.20. The highest BCUT2D eigenvalue weighted by Gasteiger charge is 2.26. The fourth-order valence-electron chi connectivity index (χ4n) is 3.44. The fraction of sp³-hybridized carbons (Fsp3) is 0.154. The van der Waals surface area contributed by atoms with Gasteiger partial charge in [0.15, 0.2) is 17.2 Å². The molecule has 8 nitrogen and oxygen atoms in total. The zero-order chi connectivity index (χ0) is 25.8. The van der Waals surface area contributed by atoms with Crippen LogP contribution in [0, 0.1) is 22.9 Å². The molecule has 0 bridgehead atoms. The molecule has 0 radical (unpaired) electrons. The first-order valence-corrected chi connectivity index (χ1v) is 11.2. The van der Waals surface area contributed by atoms with Crippen molar-refractivity contribution in [2.45, 2.75) is 20.5 Å². The molecule has 36 heavy (non-hydrogen) atoms. The number of ether oxygens (including phenoxy) is 3. The summed E-state index contributed by atoms with van der Waals surface area (Å²) in [6.45, 7) is 3.89. The van der Waals surface area contributed by atoms with Gasteiger partial charge in [-0.25, -0.2) is 14.2 Å². The van der Waals surface area contributed by atoms with Crippen molar-refractivity contribution >= 4 is 35.2 Å². The monoisotopic (exact) mass is 510 g/mol. The Morgan fingerprint density at radius 1 is 1.14 bits per heavy atom. The van der Waals surface area contributed by atoms with Crippen molar-refractivity contribution in [1.82, 2.24) is 0 Å². The molecule has 0 amide bonds.